The Bertz CT molecular complexity index is 1260. The highest BCUT2D eigenvalue weighted by molar-refractivity contribution is 5.83. The third-order valence-electron chi connectivity index (χ3n) is 6.30. The molecule has 9 heteroatoms. The van der Waals surface area contributed by atoms with Crippen molar-refractivity contribution in [2.24, 2.45) is 0 Å². The first-order valence-electron chi connectivity index (χ1n) is 11.5. The molecule has 0 spiro atoms. The van der Waals surface area contributed by atoms with Gasteiger partial charge in [-0.1, -0.05) is 6.07 Å². The molecular weight excluding hydrogens is 414 g/mol. The van der Waals surface area contributed by atoms with Crippen molar-refractivity contribution in [2.45, 2.75) is 13.0 Å². The van der Waals surface area contributed by atoms with Gasteiger partial charge < -0.3 is 20.5 Å². The van der Waals surface area contributed by atoms with Crippen LogP contribution in [-0.2, 0) is 6.54 Å². The molecule has 0 radical (unpaired) electrons. The molecule has 0 unspecified atom stereocenters. The van der Waals surface area contributed by atoms with Gasteiger partial charge >= 0.3 is 0 Å². The van der Waals surface area contributed by atoms with Gasteiger partial charge in [-0.25, -0.2) is 19.9 Å². The number of fused-ring (bicyclic) bond motifs is 1. The van der Waals surface area contributed by atoms with E-state index in [9.17, 15) is 0 Å². The van der Waals surface area contributed by atoms with E-state index in [4.69, 9.17) is 0 Å². The molecule has 0 atom stereocenters. The molecule has 0 bridgehead atoms. The Kier molecular flexibility index (Phi) is 5.33. The number of nitrogens with one attached hydrogen (secondary N) is 3. The van der Waals surface area contributed by atoms with Crippen molar-refractivity contribution in [1.29, 1.82) is 0 Å². The standard InChI is InChI=1S/C24H27N9/c1-8-33(9-1)23-14-20(27-16-28-23)18-2-3-19-21(13-18)30-24(29-19)31-22-12-17(4-5-26-22)15-32-10-6-25-7-11-32/h2-5,12-14,16,25H,1,6-11,15H2,(H2,26,29,30,31). The molecule has 0 aliphatic carbocycles. The highest BCUT2D eigenvalue weighted by atomic mass is 15.2. The summed E-state index contributed by atoms with van der Waals surface area (Å²) in [5.41, 5.74) is 5.05. The van der Waals surface area contributed by atoms with Crippen LogP contribution >= 0.6 is 0 Å². The summed E-state index contributed by atoms with van der Waals surface area (Å²) < 4.78 is 0. The molecule has 2 saturated heterocycles. The minimum atomic E-state index is 0.679. The summed E-state index contributed by atoms with van der Waals surface area (Å²) in [6.07, 6.45) is 4.72. The second-order valence-corrected chi connectivity index (χ2v) is 8.62. The largest absolute Gasteiger partial charge is 0.356 e. The van der Waals surface area contributed by atoms with Crippen molar-refractivity contribution in [3.8, 4) is 11.3 Å². The van der Waals surface area contributed by atoms with Crippen LogP contribution in [0.25, 0.3) is 22.3 Å². The van der Waals surface area contributed by atoms with Gasteiger partial charge in [0.15, 0.2) is 0 Å². The predicted molar refractivity (Wildman–Crippen MR) is 130 cm³/mol. The van der Waals surface area contributed by atoms with E-state index in [1.807, 2.05) is 12.3 Å². The molecule has 0 saturated carbocycles. The molecule has 2 aliphatic heterocycles. The molecule has 2 aliphatic rings. The minimum absolute atomic E-state index is 0.679. The monoisotopic (exact) mass is 441 g/mol. The lowest BCUT2D eigenvalue weighted by Crippen LogP contribution is -2.42. The maximum atomic E-state index is 4.69. The van der Waals surface area contributed by atoms with Crippen molar-refractivity contribution in [2.75, 3.05) is 49.5 Å². The van der Waals surface area contributed by atoms with Crippen LogP contribution in [0.4, 0.5) is 17.6 Å². The molecule has 6 rings (SSSR count). The number of aromatic amines is 1. The summed E-state index contributed by atoms with van der Waals surface area (Å²) >= 11 is 0. The van der Waals surface area contributed by atoms with Crippen molar-refractivity contribution in [3.05, 3.63) is 54.5 Å². The van der Waals surface area contributed by atoms with E-state index in [2.05, 4.69) is 75.7 Å². The number of hydrogen-bond donors (Lipinski definition) is 3. The van der Waals surface area contributed by atoms with Gasteiger partial charge in [0.05, 0.1) is 16.7 Å². The van der Waals surface area contributed by atoms with Gasteiger partial charge in [-0.15, -0.1) is 0 Å². The topological polar surface area (TPSA) is 97.9 Å². The molecule has 33 heavy (non-hydrogen) atoms. The summed E-state index contributed by atoms with van der Waals surface area (Å²) in [6, 6.07) is 12.4. The molecule has 4 aromatic rings. The number of anilines is 3. The van der Waals surface area contributed by atoms with Crippen LogP contribution in [0, 0.1) is 0 Å². The fraction of sp³-hybridized carbons (Fsp3) is 0.333. The maximum absolute atomic E-state index is 4.69. The van der Waals surface area contributed by atoms with E-state index in [-0.39, 0.29) is 0 Å². The van der Waals surface area contributed by atoms with Gasteiger partial charge in [-0.05, 0) is 36.2 Å². The highest BCUT2D eigenvalue weighted by Gasteiger charge is 2.17. The van der Waals surface area contributed by atoms with Crippen LogP contribution in [0.2, 0.25) is 0 Å². The van der Waals surface area contributed by atoms with E-state index in [1.165, 1.54) is 12.0 Å². The predicted octanol–water partition coefficient (Wildman–Crippen LogP) is 2.77. The molecule has 3 aromatic heterocycles. The summed E-state index contributed by atoms with van der Waals surface area (Å²) in [4.78, 5) is 26.2. The summed E-state index contributed by atoms with van der Waals surface area (Å²) in [7, 11) is 0. The summed E-state index contributed by atoms with van der Waals surface area (Å²) in [5.74, 6) is 2.46. The normalized spacial score (nSPS) is 16.7. The average Bonchev–Trinajstić information content (AvgIpc) is 3.20. The second-order valence-electron chi connectivity index (χ2n) is 8.62. The van der Waals surface area contributed by atoms with Crippen LogP contribution in [0.1, 0.15) is 12.0 Å². The number of nitrogens with zero attached hydrogens (tertiary/aromatic N) is 6. The SMILES string of the molecule is c1cc(CN2CCNCC2)cc(Nc2nc3ccc(-c4cc(N5CCC5)ncn4)cc3[nH]2)n1. The first kappa shape index (κ1) is 20.1. The number of piperazine rings is 1. The number of rotatable bonds is 6. The molecule has 3 N–H and O–H groups in total. The third kappa shape index (κ3) is 4.37. The molecule has 0 amide bonds. The maximum Gasteiger partial charge on any atom is 0.206 e. The van der Waals surface area contributed by atoms with Crippen LogP contribution in [-0.4, -0.2) is 69.1 Å². The molecule has 9 nitrogen and oxygen atoms in total. The smallest absolute Gasteiger partial charge is 0.206 e. The van der Waals surface area contributed by atoms with Crippen LogP contribution in [0.5, 0.6) is 0 Å². The second kappa shape index (κ2) is 8.76. The fourth-order valence-electron chi connectivity index (χ4n) is 4.34. The molecule has 2 fully saturated rings. The van der Waals surface area contributed by atoms with Crippen LogP contribution < -0.4 is 15.5 Å². The Morgan fingerprint density at radius 3 is 2.70 bits per heavy atom. The van der Waals surface area contributed by atoms with Gasteiger partial charge in [-0.2, -0.15) is 0 Å². The first-order valence-corrected chi connectivity index (χ1v) is 11.5. The third-order valence-corrected chi connectivity index (χ3v) is 6.30. The molecule has 168 valence electrons. The highest BCUT2D eigenvalue weighted by Crippen LogP contribution is 2.27. The average molecular weight is 442 g/mol. The van der Waals surface area contributed by atoms with Gasteiger partial charge in [0.25, 0.3) is 0 Å². The Labute approximate surface area is 192 Å². The van der Waals surface area contributed by atoms with E-state index in [0.29, 0.717) is 5.95 Å². The van der Waals surface area contributed by atoms with E-state index >= 15 is 0 Å². The lowest BCUT2D eigenvalue weighted by molar-refractivity contribution is 0.233. The van der Waals surface area contributed by atoms with Crippen molar-refractivity contribution >= 4 is 28.6 Å². The van der Waals surface area contributed by atoms with E-state index in [1.54, 1.807) is 6.33 Å². The van der Waals surface area contributed by atoms with E-state index < -0.39 is 0 Å². The first-order chi connectivity index (χ1) is 16.3. The number of benzene rings is 1. The minimum Gasteiger partial charge on any atom is -0.356 e. The van der Waals surface area contributed by atoms with Crippen molar-refractivity contribution < 1.29 is 0 Å². The van der Waals surface area contributed by atoms with Gasteiger partial charge in [-0.3, -0.25) is 4.90 Å². The Balaban J connectivity index is 1.20. The number of pyridine rings is 1. The van der Waals surface area contributed by atoms with Crippen molar-refractivity contribution in [1.82, 2.24) is 35.1 Å². The van der Waals surface area contributed by atoms with Crippen LogP contribution in [0.3, 0.4) is 0 Å². The van der Waals surface area contributed by atoms with E-state index in [0.717, 1.165) is 79.7 Å². The zero-order chi connectivity index (χ0) is 22.0. The van der Waals surface area contributed by atoms with Gasteiger partial charge in [0, 0.05) is 63.6 Å². The number of aromatic nitrogens is 5. The Morgan fingerprint density at radius 1 is 0.939 bits per heavy atom. The van der Waals surface area contributed by atoms with Gasteiger partial charge in [0.1, 0.15) is 18.0 Å². The quantitative estimate of drug-likeness (QED) is 0.420. The molecule has 5 heterocycles. The Hall–Kier alpha value is -3.56. The Morgan fingerprint density at radius 2 is 1.85 bits per heavy atom. The number of H-pyrrole nitrogens is 1. The van der Waals surface area contributed by atoms with Crippen molar-refractivity contribution in [3.63, 3.8) is 0 Å². The van der Waals surface area contributed by atoms with Crippen LogP contribution in [0.15, 0.2) is 48.9 Å². The zero-order valence-electron chi connectivity index (χ0n) is 18.5. The summed E-state index contributed by atoms with van der Waals surface area (Å²) in [5, 5.41) is 6.73. The van der Waals surface area contributed by atoms with Gasteiger partial charge in [0.2, 0.25) is 5.95 Å². The lowest BCUT2D eigenvalue weighted by atomic mass is 10.1. The number of hydrogen-bond acceptors (Lipinski definition) is 8. The molecule has 1 aromatic carbocycles. The lowest BCUT2D eigenvalue weighted by Gasteiger charge is -2.31. The fourth-order valence-corrected chi connectivity index (χ4v) is 4.34. The molecular formula is C24H27N9. The zero-order valence-corrected chi connectivity index (χ0v) is 18.5. The summed E-state index contributed by atoms with van der Waals surface area (Å²) in [6.45, 7) is 7.30. The number of imidazole rings is 1.